The van der Waals surface area contributed by atoms with Crippen molar-refractivity contribution in [1.82, 2.24) is 5.32 Å². The summed E-state index contributed by atoms with van der Waals surface area (Å²) in [5.74, 6) is 0.862. The SMILES string of the molecule is Cc1ccc(CNCCOCC2CC2)c(Br)c1. The van der Waals surface area contributed by atoms with Gasteiger partial charge in [0.15, 0.2) is 0 Å². The highest BCUT2D eigenvalue weighted by molar-refractivity contribution is 9.10. The van der Waals surface area contributed by atoms with Gasteiger partial charge in [-0.1, -0.05) is 28.1 Å². The zero-order chi connectivity index (χ0) is 12.1. The van der Waals surface area contributed by atoms with Crippen molar-refractivity contribution in [3.8, 4) is 0 Å². The molecule has 1 fully saturated rings. The fourth-order valence-electron chi connectivity index (χ4n) is 1.70. The minimum absolute atomic E-state index is 0.819. The third-order valence-electron chi connectivity index (χ3n) is 3.00. The largest absolute Gasteiger partial charge is 0.380 e. The highest BCUT2D eigenvalue weighted by Gasteiger charge is 2.20. The maximum atomic E-state index is 5.57. The van der Waals surface area contributed by atoms with Gasteiger partial charge in [-0.3, -0.25) is 0 Å². The first kappa shape index (κ1) is 13.1. The zero-order valence-electron chi connectivity index (χ0n) is 10.3. The molecular formula is C14H20BrNO. The molecule has 0 bridgehead atoms. The Balaban J connectivity index is 1.60. The van der Waals surface area contributed by atoms with Crippen molar-refractivity contribution in [2.45, 2.75) is 26.3 Å². The van der Waals surface area contributed by atoms with Crippen LogP contribution in [-0.4, -0.2) is 19.8 Å². The maximum absolute atomic E-state index is 5.57. The van der Waals surface area contributed by atoms with E-state index in [1.165, 1.54) is 28.4 Å². The summed E-state index contributed by atoms with van der Waals surface area (Å²) >= 11 is 3.59. The average molecular weight is 298 g/mol. The lowest BCUT2D eigenvalue weighted by molar-refractivity contribution is 0.126. The van der Waals surface area contributed by atoms with Crippen LogP contribution in [0.25, 0.3) is 0 Å². The number of ether oxygens (including phenoxy) is 1. The minimum Gasteiger partial charge on any atom is -0.380 e. The lowest BCUT2D eigenvalue weighted by Crippen LogP contribution is -2.20. The summed E-state index contributed by atoms with van der Waals surface area (Å²) in [5.41, 5.74) is 2.59. The lowest BCUT2D eigenvalue weighted by atomic mass is 10.1. The Hall–Kier alpha value is -0.380. The molecule has 1 aliphatic rings. The van der Waals surface area contributed by atoms with Gasteiger partial charge in [-0.05, 0) is 42.9 Å². The molecule has 1 aromatic carbocycles. The van der Waals surface area contributed by atoms with E-state index >= 15 is 0 Å². The summed E-state index contributed by atoms with van der Waals surface area (Å²) < 4.78 is 6.75. The predicted molar refractivity (Wildman–Crippen MR) is 74.1 cm³/mol. The van der Waals surface area contributed by atoms with Crippen LogP contribution in [0.2, 0.25) is 0 Å². The molecule has 3 heteroatoms. The average Bonchev–Trinajstić information content (AvgIpc) is 3.09. The molecule has 0 aromatic heterocycles. The normalized spacial score (nSPS) is 15.2. The summed E-state index contributed by atoms with van der Waals surface area (Å²) in [5, 5.41) is 3.40. The third-order valence-corrected chi connectivity index (χ3v) is 3.74. The Kier molecular flexibility index (Phi) is 5.01. The molecule has 0 spiro atoms. The van der Waals surface area contributed by atoms with E-state index < -0.39 is 0 Å². The summed E-state index contributed by atoms with van der Waals surface area (Å²) in [6.07, 6.45) is 2.73. The fraction of sp³-hybridized carbons (Fsp3) is 0.571. The van der Waals surface area contributed by atoms with Gasteiger partial charge in [0, 0.05) is 24.2 Å². The van der Waals surface area contributed by atoms with Gasteiger partial charge in [0.25, 0.3) is 0 Å². The van der Waals surface area contributed by atoms with Gasteiger partial charge in [-0.25, -0.2) is 0 Å². The standard InChI is InChI=1S/C14H20BrNO/c1-11-2-5-13(14(15)8-11)9-16-6-7-17-10-12-3-4-12/h2,5,8,12,16H,3-4,6-7,9-10H2,1H3. The van der Waals surface area contributed by atoms with E-state index in [-0.39, 0.29) is 0 Å². The summed E-state index contributed by atoms with van der Waals surface area (Å²) in [7, 11) is 0. The van der Waals surface area contributed by atoms with Crippen LogP contribution in [-0.2, 0) is 11.3 Å². The molecule has 0 atom stereocenters. The Bertz CT molecular complexity index is 363. The highest BCUT2D eigenvalue weighted by Crippen LogP contribution is 2.28. The summed E-state index contributed by atoms with van der Waals surface area (Å²) in [4.78, 5) is 0. The van der Waals surface area contributed by atoms with Crippen molar-refractivity contribution in [2.75, 3.05) is 19.8 Å². The molecule has 1 saturated carbocycles. The number of nitrogens with one attached hydrogen (secondary N) is 1. The first-order valence-corrected chi connectivity index (χ1v) is 7.08. The third kappa shape index (κ3) is 4.78. The molecule has 0 unspecified atom stereocenters. The van der Waals surface area contributed by atoms with E-state index in [4.69, 9.17) is 4.74 Å². The smallest absolute Gasteiger partial charge is 0.0591 e. The van der Waals surface area contributed by atoms with Crippen molar-refractivity contribution >= 4 is 15.9 Å². The van der Waals surface area contributed by atoms with Crippen molar-refractivity contribution < 1.29 is 4.74 Å². The van der Waals surface area contributed by atoms with Crippen LogP contribution in [0.1, 0.15) is 24.0 Å². The first-order valence-electron chi connectivity index (χ1n) is 6.29. The first-order chi connectivity index (χ1) is 8.25. The number of halogens is 1. The van der Waals surface area contributed by atoms with Gasteiger partial charge in [-0.15, -0.1) is 0 Å². The molecule has 1 N–H and O–H groups in total. The number of benzene rings is 1. The van der Waals surface area contributed by atoms with Crippen molar-refractivity contribution in [1.29, 1.82) is 0 Å². The van der Waals surface area contributed by atoms with Crippen LogP contribution >= 0.6 is 15.9 Å². The number of hydrogen-bond acceptors (Lipinski definition) is 2. The van der Waals surface area contributed by atoms with Gasteiger partial charge in [0.05, 0.1) is 6.61 Å². The van der Waals surface area contributed by atoms with Crippen LogP contribution in [0.4, 0.5) is 0 Å². The number of aryl methyl sites for hydroxylation is 1. The van der Waals surface area contributed by atoms with Gasteiger partial charge in [0.1, 0.15) is 0 Å². The fourth-order valence-corrected chi connectivity index (χ4v) is 2.33. The van der Waals surface area contributed by atoms with Crippen molar-refractivity contribution in [2.24, 2.45) is 5.92 Å². The molecule has 94 valence electrons. The van der Waals surface area contributed by atoms with Crippen LogP contribution < -0.4 is 5.32 Å². The molecular weight excluding hydrogens is 278 g/mol. The molecule has 0 heterocycles. The molecule has 1 aromatic rings. The number of hydrogen-bond donors (Lipinski definition) is 1. The minimum atomic E-state index is 0.819. The van der Waals surface area contributed by atoms with Gasteiger partial charge >= 0.3 is 0 Å². The second kappa shape index (κ2) is 6.53. The van der Waals surface area contributed by atoms with E-state index in [2.05, 4.69) is 46.4 Å². The molecule has 0 radical (unpaired) electrons. The molecule has 0 amide bonds. The van der Waals surface area contributed by atoms with E-state index in [9.17, 15) is 0 Å². The number of rotatable bonds is 7. The van der Waals surface area contributed by atoms with Crippen LogP contribution in [0, 0.1) is 12.8 Å². The Labute approximate surface area is 112 Å². The lowest BCUT2D eigenvalue weighted by Gasteiger charge is -2.08. The maximum Gasteiger partial charge on any atom is 0.0591 e. The van der Waals surface area contributed by atoms with E-state index in [1.54, 1.807) is 0 Å². The van der Waals surface area contributed by atoms with Crippen molar-refractivity contribution in [3.05, 3.63) is 33.8 Å². The second-order valence-corrected chi connectivity index (χ2v) is 5.64. The summed E-state index contributed by atoms with van der Waals surface area (Å²) in [6, 6.07) is 6.46. The quantitative estimate of drug-likeness (QED) is 0.780. The molecule has 2 rings (SSSR count). The molecule has 1 aliphatic carbocycles. The van der Waals surface area contributed by atoms with E-state index in [0.29, 0.717) is 0 Å². The zero-order valence-corrected chi connectivity index (χ0v) is 11.9. The Morgan fingerprint density at radius 3 is 2.94 bits per heavy atom. The summed E-state index contributed by atoms with van der Waals surface area (Å²) in [6.45, 7) is 5.70. The monoisotopic (exact) mass is 297 g/mol. The Morgan fingerprint density at radius 1 is 1.41 bits per heavy atom. The second-order valence-electron chi connectivity index (χ2n) is 4.79. The van der Waals surface area contributed by atoms with Crippen LogP contribution in [0.5, 0.6) is 0 Å². The van der Waals surface area contributed by atoms with Crippen LogP contribution in [0.3, 0.4) is 0 Å². The van der Waals surface area contributed by atoms with Gasteiger partial charge < -0.3 is 10.1 Å². The molecule has 0 aliphatic heterocycles. The topological polar surface area (TPSA) is 21.3 Å². The van der Waals surface area contributed by atoms with Gasteiger partial charge in [0.2, 0.25) is 0 Å². The van der Waals surface area contributed by atoms with Gasteiger partial charge in [-0.2, -0.15) is 0 Å². The molecule has 17 heavy (non-hydrogen) atoms. The van der Waals surface area contributed by atoms with Crippen molar-refractivity contribution in [3.63, 3.8) is 0 Å². The van der Waals surface area contributed by atoms with Crippen LogP contribution in [0.15, 0.2) is 22.7 Å². The molecule has 0 saturated heterocycles. The van der Waals surface area contributed by atoms with E-state index in [0.717, 1.165) is 32.2 Å². The predicted octanol–water partition coefficient (Wildman–Crippen LogP) is 3.27. The Morgan fingerprint density at radius 2 is 2.24 bits per heavy atom. The molecule has 2 nitrogen and oxygen atoms in total. The highest BCUT2D eigenvalue weighted by atomic mass is 79.9. The van der Waals surface area contributed by atoms with E-state index in [1.807, 2.05) is 0 Å².